The molecule has 0 N–H and O–H groups in total. The minimum absolute atomic E-state index is 1.09. The molecule has 0 aliphatic heterocycles. The fourth-order valence-electron chi connectivity index (χ4n) is 6.20. The Morgan fingerprint density at radius 1 is 0.513 bits per heavy atom. The fraction of sp³-hybridized carbons (Fsp3) is 0. The predicted octanol–water partition coefficient (Wildman–Crippen LogP) is 10.6. The van der Waals surface area contributed by atoms with E-state index in [9.17, 15) is 0 Å². The lowest BCUT2D eigenvalue weighted by molar-refractivity contribution is 1.19. The summed E-state index contributed by atoms with van der Waals surface area (Å²) in [6, 6.07) is 41.6. The third-order valence-electron chi connectivity index (χ3n) is 7.86. The molecule has 4 aromatic heterocycles. The molecule has 0 unspecified atom stereocenters. The summed E-state index contributed by atoms with van der Waals surface area (Å²) in [7, 11) is 0. The van der Waals surface area contributed by atoms with Crippen LogP contribution in [0, 0.1) is 0 Å². The highest BCUT2D eigenvalue weighted by molar-refractivity contribution is 7.30. The molecular formula is C35H20N2S2. The van der Waals surface area contributed by atoms with Crippen molar-refractivity contribution >= 4 is 85.0 Å². The first kappa shape index (κ1) is 21.4. The zero-order valence-corrected chi connectivity index (χ0v) is 22.4. The van der Waals surface area contributed by atoms with Crippen LogP contribution in [0.2, 0.25) is 0 Å². The third-order valence-corrected chi connectivity index (χ3v) is 10.2. The summed E-state index contributed by atoms with van der Waals surface area (Å²) in [5, 5.41) is 7.86. The van der Waals surface area contributed by atoms with Gasteiger partial charge < -0.3 is 4.57 Å². The molecule has 0 amide bonds. The van der Waals surface area contributed by atoms with E-state index in [2.05, 4.69) is 120 Å². The number of para-hydroxylation sites is 1. The second kappa shape index (κ2) is 8.00. The first-order valence-corrected chi connectivity index (χ1v) is 14.7. The molecule has 9 aromatic rings. The van der Waals surface area contributed by atoms with Gasteiger partial charge in [-0.2, -0.15) is 0 Å². The zero-order valence-electron chi connectivity index (χ0n) is 20.8. The van der Waals surface area contributed by atoms with Crippen LogP contribution in [0.3, 0.4) is 0 Å². The molecule has 0 spiro atoms. The van der Waals surface area contributed by atoms with E-state index in [4.69, 9.17) is 4.98 Å². The van der Waals surface area contributed by atoms with E-state index in [0.717, 1.165) is 4.83 Å². The van der Waals surface area contributed by atoms with Gasteiger partial charge in [0.1, 0.15) is 4.83 Å². The maximum absolute atomic E-state index is 4.81. The van der Waals surface area contributed by atoms with Gasteiger partial charge in [-0.1, -0.05) is 78.9 Å². The molecule has 0 saturated heterocycles. The Morgan fingerprint density at radius 3 is 2.05 bits per heavy atom. The van der Waals surface area contributed by atoms with Crippen molar-refractivity contribution in [2.45, 2.75) is 0 Å². The van der Waals surface area contributed by atoms with Crippen LogP contribution in [-0.4, -0.2) is 9.55 Å². The number of fused-ring (bicyclic) bond motifs is 12. The van der Waals surface area contributed by atoms with Crippen LogP contribution < -0.4 is 0 Å². The highest BCUT2D eigenvalue weighted by atomic mass is 32.1. The standard InChI is InChI=1S/C35H20N2S2/c1-2-9-21(10-3-1)22-16-18-23(19-17-22)37-27-14-6-4-11-24(27)29-32(37)30-26-13-8-20-36-35(26)39-34(30)31-25-12-5-7-15-28(25)38-33(29)31/h1-20H. The van der Waals surface area contributed by atoms with Crippen molar-refractivity contribution in [3.05, 3.63) is 121 Å². The molecular weight excluding hydrogens is 513 g/mol. The third kappa shape index (κ3) is 2.93. The summed E-state index contributed by atoms with van der Waals surface area (Å²) in [5.74, 6) is 0. The molecule has 0 aliphatic carbocycles. The number of hydrogen-bond donors (Lipinski definition) is 0. The monoisotopic (exact) mass is 532 g/mol. The summed E-state index contributed by atoms with van der Waals surface area (Å²) in [6.07, 6.45) is 1.91. The van der Waals surface area contributed by atoms with E-state index in [1.165, 1.54) is 74.3 Å². The second-order valence-electron chi connectivity index (χ2n) is 9.95. The summed E-state index contributed by atoms with van der Waals surface area (Å²) in [6.45, 7) is 0. The topological polar surface area (TPSA) is 17.8 Å². The maximum atomic E-state index is 4.81. The maximum Gasteiger partial charge on any atom is 0.124 e. The fourth-order valence-corrected chi connectivity index (χ4v) is 8.74. The molecule has 0 saturated carbocycles. The number of nitrogens with zero attached hydrogens (tertiary/aromatic N) is 2. The predicted molar refractivity (Wildman–Crippen MR) is 170 cm³/mol. The Hall–Kier alpha value is -4.51. The molecule has 9 rings (SSSR count). The number of benzene rings is 5. The number of aromatic nitrogens is 2. The highest BCUT2D eigenvalue weighted by Gasteiger charge is 2.24. The summed E-state index contributed by atoms with van der Waals surface area (Å²) in [4.78, 5) is 5.90. The average Bonchev–Trinajstić information content (AvgIpc) is 3.67. The summed E-state index contributed by atoms with van der Waals surface area (Å²) in [5.41, 5.74) is 6.13. The van der Waals surface area contributed by atoms with Gasteiger partial charge in [-0.3, -0.25) is 0 Å². The molecule has 2 nitrogen and oxygen atoms in total. The van der Waals surface area contributed by atoms with E-state index >= 15 is 0 Å². The van der Waals surface area contributed by atoms with Gasteiger partial charge in [-0.05, 0) is 47.5 Å². The van der Waals surface area contributed by atoms with Crippen LogP contribution in [0.1, 0.15) is 0 Å². The van der Waals surface area contributed by atoms with Crippen molar-refractivity contribution in [2.24, 2.45) is 0 Å². The molecule has 5 aromatic carbocycles. The molecule has 0 radical (unpaired) electrons. The number of hydrogen-bond acceptors (Lipinski definition) is 3. The van der Waals surface area contributed by atoms with Crippen LogP contribution in [0.5, 0.6) is 0 Å². The first-order valence-electron chi connectivity index (χ1n) is 13.1. The van der Waals surface area contributed by atoms with E-state index in [1.54, 1.807) is 0 Å². The van der Waals surface area contributed by atoms with E-state index in [1.807, 2.05) is 28.9 Å². The van der Waals surface area contributed by atoms with Gasteiger partial charge in [0.25, 0.3) is 0 Å². The molecule has 4 heterocycles. The average molecular weight is 533 g/mol. The van der Waals surface area contributed by atoms with Crippen molar-refractivity contribution in [2.75, 3.05) is 0 Å². The van der Waals surface area contributed by atoms with Crippen LogP contribution >= 0.6 is 22.7 Å². The molecule has 0 aliphatic rings. The molecule has 4 heteroatoms. The Kier molecular flexibility index (Phi) is 4.39. The SMILES string of the molecule is c1ccc(-c2ccc(-n3c4ccccc4c4c5sc6ccccc6c5c5sc6ncccc6c5c43)cc2)cc1. The summed E-state index contributed by atoms with van der Waals surface area (Å²) >= 11 is 3.73. The van der Waals surface area contributed by atoms with Crippen LogP contribution in [0.4, 0.5) is 0 Å². The normalized spacial score (nSPS) is 12.1. The Balaban J connectivity index is 1.50. The molecule has 0 fully saturated rings. The lowest BCUT2D eigenvalue weighted by Crippen LogP contribution is -1.94. The first-order chi connectivity index (χ1) is 19.4. The van der Waals surface area contributed by atoms with Crippen LogP contribution in [0.15, 0.2) is 121 Å². The zero-order chi connectivity index (χ0) is 25.5. The lowest BCUT2D eigenvalue weighted by Gasteiger charge is -2.11. The summed E-state index contributed by atoms with van der Waals surface area (Å²) < 4.78 is 6.50. The minimum Gasteiger partial charge on any atom is -0.309 e. The Bertz CT molecular complexity index is 2340. The van der Waals surface area contributed by atoms with Crippen molar-refractivity contribution in [1.29, 1.82) is 0 Å². The molecule has 0 bridgehead atoms. The van der Waals surface area contributed by atoms with E-state index < -0.39 is 0 Å². The van der Waals surface area contributed by atoms with Gasteiger partial charge in [-0.25, -0.2) is 4.98 Å². The van der Waals surface area contributed by atoms with Crippen molar-refractivity contribution in [3.8, 4) is 16.8 Å². The van der Waals surface area contributed by atoms with E-state index in [0.29, 0.717) is 0 Å². The minimum atomic E-state index is 1.09. The molecule has 39 heavy (non-hydrogen) atoms. The van der Waals surface area contributed by atoms with Gasteiger partial charge in [0, 0.05) is 58.3 Å². The lowest BCUT2D eigenvalue weighted by atomic mass is 10.0. The van der Waals surface area contributed by atoms with Gasteiger partial charge in [0.05, 0.1) is 11.0 Å². The van der Waals surface area contributed by atoms with Crippen molar-refractivity contribution in [1.82, 2.24) is 9.55 Å². The molecule has 0 atom stereocenters. The quantitative estimate of drug-likeness (QED) is 0.216. The second-order valence-corrected chi connectivity index (χ2v) is 12.0. The van der Waals surface area contributed by atoms with Gasteiger partial charge in [-0.15, -0.1) is 22.7 Å². The highest BCUT2D eigenvalue weighted by Crippen LogP contribution is 2.51. The molecule has 182 valence electrons. The largest absolute Gasteiger partial charge is 0.309 e. The Labute approximate surface area is 232 Å². The van der Waals surface area contributed by atoms with Crippen LogP contribution in [-0.2, 0) is 0 Å². The number of rotatable bonds is 2. The van der Waals surface area contributed by atoms with Gasteiger partial charge in [0.2, 0.25) is 0 Å². The van der Waals surface area contributed by atoms with Crippen molar-refractivity contribution in [3.63, 3.8) is 0 Å². The van der Waals surface area contributed by atoms with Crippen LogP contribution in [0.25, 0.3) is 79.1 Å². The van der Waals surface area contributed by atoms with E-state index in [-0.39, 0.29) is 0 Å². The smallest absolute Gasteiger partial charge is 0.124 e. The van der Waals surface area contributed by atoms with Gasteiger partial charge >= 0.3 is 0 Å². The number of pyridine rings is 1. The Morgan fingerprint density at radius 2 is 1.18 bits per heavy atom. The van der Waals surface area contributed by atoms with Gasteiger partial charge in [0.15, 0.2) is 0 Å². The van der Waals surface area contributed by atoms with Crippen molar-refractivity contribution < 1.29 is 0 Å². The number of thiophene rings is 2.